The quantitative estimate of drug-likeness (QED) is 0.462. The van der Waals surface area contributed by atoms with Crippen molar-refractivity contribution in [1.29, 1.82) is 0 Å². The number of carboxylic acids is 1. The molecule has 18 heavy (non-hydrogen) atoms. The van der Waals surface area contributed by atoms with Crippen LogP contribution < -0.4 is 10.6 Å². The number of aromatic nitrogens is 3. The third kappa shape index (κ3) is 4.64. The zero-order valence-electron chi connectivity index (χ0n) is 9.80. The Morgan fingerprint density at radius 1 is 1.44 bits per heavy atom. The summed E-state index contributed by atoms with van der Waals surface area (Å²) in [6.07, 6.45) is 3.72. The first-order valence-corrected chi connectivity index (χ1v) is 5.39. The van der Waals surface area contributed by atoms with E-state index in [-0.39, 0.29) is 11.7 Å². The van der Waals surface area contributed by atoms with Crippen LogP contribution in [0.5, 0.6) is 0 Å². The van der Waals surface area contributed by atoms with Crippen molar-refractivity contribution in [2.24, 2.45) is 0 Å². The van der Waals surface area contributed by atoms with Gasteiger partial charge in [-0.05, 0) is 6.42 Å². The minimum atomic E-state index is -1.13. The fourth-order valence-electron chi connectivity index (χ4n) is 1.14. The molecule has 0 saturated heterocycles. The number of urea groups is 1. The fourth-order valence-corrected chi connectivity index (χ4v) is 1.14. The largest absolute Gasteiger partial charge is 0.476 e. The number of nitrogens with zero attached hydrogens (tertiary/aromatic N) is 3. The van der Waals surface area contributed by atoms with Gasteiger partial charge in [0.15, 0.2) is 5.69 Å². The van der Waals surface area contributed by atoms with E-state index in [1.165, 1.54) is 10.9 Å². The van der Waals surface area contributed by atoms with Gasteiger partial charge in [0.2, 0.25) is 0 Å². The molecule has 1 aromatic rings. The van der Waals surface area contributed by atoms with Crippen molar-refractivity contribution in [1.82, 2.24) is 25.6 Å². The van der Waals surface area contributed by atoms with Gasteiger partial charge in [-0.2, -0.15) is 0 Å². The molecule has 0 aliphatic heterocycles. The van der Waals surface area contributed by atoms with E-state index < -0.39 is 5.97 Å². The highest BCUT2D eigenvalue weighted by molar-refractivity contribution is 5.84. The number of carbonyl (C=O) groups excluding carboxylic acids is 1. The average molecular weight is 253 g/mol. The SMILES string of the molecule is C=CCCNC(=O)NCCn1cc(C(=O)O)nn1. The second-order valence-corrected chi connectivity index (χ2v) is 3.43. The number of aromatic carboxylic acids is 1. The predicted molar refractivity (Wildman–Crippen MR) is 63.2 cm³/mol. The van der Waals surface area contributed by atoms with Gasteiger partial charge in [-0.3, -0.25) is 0 Å². The lowest BCUT2D eigenvalue weighted by molar-refractivity contribution is 0.0690. The van der Waals surface area contributed by atoms with Crippen molar-refractivity contribution >= 4 is 12.0 Å². The van der Waals surface area contributed by atoms with Gasteiger partial charge in [-0.25, -0.2) is 14.3 Å². The summed E-state index contributed by atoms with van der Waals surface area (Å²) < 4.78 is 1.35. The first-order valence-electron chi connectivity index (χ1n) is 5.39. The molecule has 0 saturated carbocycles. The number of rotatable bonds is 7. The first-order chi connectivity index (χ1) is 8.63. The minimum Gasteiger partial charge on any atom is -0.476 e. The Morgan fingerprint density at radius 3 is 2.78 bits per heavy atom. The van der Waals surface area contributed by atoms with E-state index in [2.05, 4.69) is 27.5 Å². The monoisotopic (exact) mass is 253 g/mol. The molecule has 0 aromatic carbocycles. The maximum absolute atomic E-state index is 11.2. The van der Waals surface area contributed by atoms with E-state index in [0.29, 0.717) is 26.1 Å². The standard InChI is InChI=1S/C10H15N5O3/c1-2-3-4-11-10(18)12-5-6-15-7-8(9(16)17)13-14-15/h2,7H,1,3-6H2,(H,16,17)(H2,11,12,18). The first kappa shape index (κ1) is 13.7. The van der Waals surface area contributed by atoms with Crippen molar-refractivity contribution < 1.29 is 14.7 Å². The molecule has 8 nitrogen and oxygen atoms in total. The molecular formula is C10H15N5O3. The normalized spacial score (nSPS) is 9.78. The molecule has 0 unspecified atom stereocenters. The number of nitrogens with one attached hydrogen (secondary N) is 2. The number of carbonyl (C=O) groups is 2. The number of hydrogen-bond donors (Lipinski definition) is 3. The molecule has 0 fully saturated rings. The van der Waals surface area contributed by atoms with Crippen molar-refractivity contribution in [3.05, 3.63) is 24.5 Å². The Morgan fingerprint density at radius 2 is 2.17 bits per heavy atom. The Balaban J connectivity index is 2.22. The summed E-state index contributed by atoms with van der Waals surface area (Å²) in [5, 5.41) is 20.9. The van der Waals surface area contributed by atoms with Crippen molar-refractivity contribution in [2.75, 3.05) is 13.1 Å². The molecule has 1 aromatic heterocycles. The molecule has 0 radical (unpaired) electrons. The molecular weight excluding hydrogens is 238 g/mol. The Hall–Kier alpha value is -2.38. The molecule has 0 spiro atoms. The number of carboxylic acid groups (broad SMARTS) is 1. The topological polar surface area (TPSA) is 109 Å². The lowest BCUT2D eigenvalue weighted by Gasteiger charge is -2.05. The molecule has 0 atom stereocenters. The second kappa shape index (κ2) is 7.05. The minimum absolute atomic E-state index is 0.120. The van der Waals surface area contributed by atoms with E-state index in [9.17, 15) is 9.59 Å². The van der Waals surface area contributed by atoms with Crippen molar-refractivity contribution in [3.8, 4) is 0 Å². The van der Waals surface area contributed by atoms with Gasteiger partial charge in [-0.1, -0.05) is 11.3 Å². The van der Waals surface area contributed by atoms with Crippen molar-refractivity contribution in [3.63, 3.8) is 0 Å². The summed E-state index contributed by atoms with van der Waals surface area (Å²) >= 11 is 0. The summed E-state index contributed by atoms with van der Waals surface area (Å²) in [5.41, 5.74) is -0.120. The van der Waals surface area contributed by atoms with Gasteiger partial charge >= 0.3 is 12.0 Å². The van der Waals surface area contributed by atoms with Gasteiger partial charge in [0, 0.05) is 13.1 Å². The van der Waals surface area contributed by atoms with Crippen LogP contribution >= 0.6 is 0 Å². The summed E-state index contributed by atoms with van der Waals surface area (Å²) in [6.45, 7) is 4.76. The second-order valence-electron chi connectivity index (χ2n) is 3.43. The van der Waals surface area contributed by atoms with Crippen LogP contribution in [0, 0.1) is 0 Å². The summed E-state index contributed by atoms with van der Waals surface area (Å²) in [6, 6.07) is -0.282. The van der Waals surface area contributed by atoms with Crippen LogP contribution in [0.15, 0.2) is 18.9 Å². The summed E-state index contributed by atoms with van der Waals surface area (Å²) in [4.78, 5) is 21.8. The number of amides is 2. The Bertz CT molecular complexity index is 429. The molecule has 2 amide bonds. The smallest absolute Gasteiger partial charge is 0.358 e. The highest BCUT2D eigenvalue weighted by Gasteiger charge is 2.07. The van der Waals surface area contributed by atoms with Crippen molar-refractivity contribution in [2.45, 2.75) is 13.0 Å². The van der Waals surface area contributed by atoms with Gasteiger partial charge in [-0.15, -0.1) is 11.7 Å². The average Bonchev–Trinajstić information content (AvgIpc) is 2.78. The zero-order chi connectivity index (χ0) is 13.4. The highest BCUT2D eigenvalue weighted by atomic mass is 16.4. The van der Waals surface area contributed by atoms with E-state index in [1.54, 1.807) is 6.08 Å². The Labute approximate surface area is 104 Å². The molecule has 1 rings (SSSR count). The maximum Gasteiger partial charge on any atom is 0.358 e. The predicted octanol–water partition coefficient (Wildman–Crippen LogP) is -0.148. The summed E-state index contributed by atoms with van der Waals surface area (Å²) in [5.74, 6) is -1.13. The lowest BCUT2D eigenvalue weighted by atomic mass is 10.4. The van der Waals surface area contributed by atoms with Crippen LogP contribution in [0.25, 0.3) is 0 Å². The van der Waals surface area contributed by atoms with Crippen LogP contribution in [-0.2, 0) is 6.54 Å². The van der Waals surface area contributed by atoms with E-state index in [1.807, 2.05) is 0 Å². The van der Waals surface area contributed by atoms with Gasteiger partial charge in [0.25, 0.3) is 0 Å². The maximum atomic E-state index is 11.2. The fraction of sp³-hybridized carbons (Fsp3) is 0.400. The zero-order valence-corrected chi connectivity index (χ0v) is 9.80. The van der Waals surface area contributed by atoms with Crippen LogP contribution in [0.2, 0.25) is 0 Å². The van der Waals surface area contributed by atoms with Crippen LogP contribution in [0.4, 0.5) is 4.79 Å². The van der Waals surface area contributed by atoms with Crippen LogP contribution in [-0.4, -0.2) is 45.2 Å². The molecule has 3 N–H and O–H groups in total. The van der Waals surface area contributed by atoms with Gasteiger partial charge < -0.3 is 15.7 Å². The molecule has 98 valence electrons. The van der Waals surface area contributed by atoms with E-state index in [0.717, 1.165) is 0 Å². The number of hydrogen-bond acceptors (Lipinski definition) is 4. The molecule has 0 aliphatic carbocycles. The Kier molecular flexibility index (Phi) is 5.36. The highest BCUT2D eigenvalue weighted by Crippen LogP contribution is 1.91. The van der Waals surface area contributed by atoms with E-state index in [4.69, 9.17) is 5.11 Å². The molecule has 0 aliphatic rings. The van der Waals surface area contributed by atoms with Gasteiger partial charge in [0.1, 0.15) is 0 Å². The molecule has 1 heterocycles. The van der Waals surface area contributed by atoms with Gasteiger partial charge in [0.05, 0.1) is 12.7 Å². The van der Waals surface area contributed by atoms with Crippen LogP contribution in [0.3, 0.4) is 0 Å². The van der Waals surface area contributed by atoms with E-state index >= 15 is 0 Å². The summed E-state index contributed by atoms with van der Waals surface area (Å²) in [7, 11) is 0. The molecule has 8 heteroatoms. The third-order valence-corrected chi connectivity index (χ3v) is 2.02. The molecule has 0 bridgehead atoms. The third-order valence-electron chi connectivity index (χ3n) is 2.02. The van der Waals surface area contributed by atoms with Crippen LogP contribution in [0.1, 0.15) is 16.9 Å². The lowest BCUT2D eigenvalue weighted by Crippen LogP contribution is -2.37.